The second kappa shape index (κ2) is 9.69. The van der Waals surface area contributed by atoms with Gasteiger partial charge in [-0.05, 0) is 24.6 Å². The molecule has 1 aromatic rings. The van der Waals surface area contributed by atoms with Crippen molar-refractivity contribution in [3.63, 3.8) is 0 Å². The number of halogens is 1. The van der Waals surface area contributed by atoms with Crippen molar-refractivity contribution in [1.29, 1.82) is 0 Å². The summed E-state index contributed by atoms with van der Waals surface area (Å²) in [5, 5.41) is 3.20. The molecule has 0 bridgehead atoms. The molecule has 0 atom stereocenters. The van der Waals surface area contributed by atoms with Crippen LogP contribution in [0.4, 0.5) is 10.1 Å². The molecule has 4 nitrogen and oxygen atoms in total. The van der Waals surface area contributed by atoms with Crippen LogP contribution in [0, 0.1) is 5.82 Å². The maximum atomic E-state index is 14.1. The molecule has 5 heteroatoms. The third-order valence-corrected chi connectivity index (χ3v) is 3.01. The second-order valence-corrected chi connectivity index (χ2v) is 4.57. The molecule has 0 spiro atoms. The van der Waals surface area contributed by atoms with E-state index in [0.29, 0.717) is 38.6 Å². The number of anilines is 1. The van der Waals surface area contributed by atoms with Gasteiger partial charge in [0.15, 0.2) is 0 Å². The molecular weight excluding hydrogens is 259 g/mol. The van der Waals surface area contributed by atoms with E-state index in [1.165, 1.54) is 0 Å². The molecule has 0 amide bonds. The van der Waals surface area contributed by atoms with Crippen molar-refractivity contribution in [2.24, 2.45) is 0 Å². The molecule has 0 heterocycles. The van der Waals surface area contributed by atoms with Gasteiger partial charge in [0, 0.05) is 40.4 Å². The summed E-state index contributed by atoms with van der Waals surface area (Å²) < 4.78 is 24.3. The van der Waals surface area contributed by atoms with Crippen LogP contribution in [-0.4, -0.2) is 47.1 Å². The van der Waals surface area contributed by atoms with E-state index >= 15 is 0 Å². The van der Waals surface area contributed by atoms with Gasteiger partial charge in [-0.3, -0.25) is 0 Å². The van der Waals surface area contributed by atoms with E-state index in [1.807, 2.05) is 31.0 Å². The predicted octanol–water partition coefficient (Wildman–Crippen LogP) is 2.03. The van der Waals surface area contributed by atoms with Gasteiger partial charge < -0.3 is 19.7 Å². The Labute approximate surface area is 120 Å². The summed E-state index contributed by atoms with van der Waals surface area (Å²) in [6.07, 6.45) is 0. The van der Waals surface area contributed by atoms with Crippen molar-refractivity contribution in [1.82, 2.24) is 5.32 Å². The first-order chi connectivity index (χ1) is 9.69. The topological polar surface area (TPSA) is 33.7 Å². The fourth-order valence-electron chi connectivity index (χ4n) is 1.84. The molecule has 0 aliphatic rings. The zero-order valence-corrected chi connectivity index (χ0v) is 12.6. The van der Waals surface area contributed by atoms with Crippen LogP contribution in [0.25, 0.3) is 0 Å². The fourth-order valence-corrected chi connectivity index (χ4v) is 1.84. The Morgan fingerprint density at radius 3 is 2.75 bits per heavy atom. The molecule has 0 fully saturated rings. The lowest BCUT2D eigenvalue weighted by atomic mass is 10.2. The lowest BCUT2D eigenvalue weighted by Crippen LogP contribution is -2.24. The first-order valence-electron chi connectivity index (χ1n) is 6.96. The van der Waals surface area contributed by atoms with Crippen molar-refractivity contribution >= 4 is 5.69 Å². The lowest BCUT2D eigenvalue weighted by Gasteiger charge is -2.20. The first kappa shape index (κ1) is 16.9. The summed E-state index contributed by atoms with van der Waals surface area (Å²) in [5.74, 6) is -0.199. The van der Waals surface area contributed by atoms with E-state index in [4.69, 9.17) is 9.47 Å². The van der Waals surface area contributed by atoms with E-state index in [1.54, 1.807) is 13.2 Å². The fraction of sp³-hybridized carbons (Fsp3) is 0.600. The number of benzene rings is 1. The Bertz CT molecular complexity index is 388. The van der Waals surface area contributed by atoms with Crippen LogP contribution in [0.5, 0.6) is 0 Å². The average Bonchev–Trinajstić information content (AvgIpc) is 2.44. The van der Waals surface area contributed by atoms with Crippen LogP contribution in [0.1, 0.15) is 12.5 Å². The van der Waals surface area contributed by atoms with Crippen LogP contribution in [0.2, 0.25) is 0 Å². The molecule has 0 saturated carbocycles. The average molecular weight is 284 g/mol. The summed E-state index contributed by atoms with van der Waals surface area (Å²) in [7, 11) is 3.53. The zero-order chi connectivity index (χ0) is 14.8. The second-order valence-electron chi connectivity index (χ2n) is 4.57. The van der Waals surface area contributed by atoms with Crippen LogP contribution >= 0.6 is 0 Å². The first-order valence-corrected chi connectivity index (χ1v) is 6.96. The molecule has 0 saturated heterocycles. The van der Waals surface area contributed by atoms with E-state index in [-0.39, 0.29) is 5.82 Å². The Kier molecular flexibility index (Phi) is 8.18. The van der Waals surface area contributed by atoms with Gasteiger partial charge in [0.05, 0.1) is 18.9 Å². The predicted molar refractivity (Wildman–Crippen MR) is 79.7 cm³/mol. The summed E-state index contributed by atoms with van der Waals surface area (Å²) in [6, 6.07) is 5.33. The summed E-state index contributed by atoms with van der Waals surface area (Å²) >= 11 is 0. The Hall–Kier alpha value is -1.17. The quantitative estimate of drug-likeness (QED) is 0.667. The highest BCUT2D eigenvalue weighted by Crippen LogP contribution is 2.19. The van der Waals surface area contributed by atoms with E-state index in [9.17, 15) is 4.39 Å². The zero-order valence-electron chi connectivity index (χ0n) is 12.6. The molecular formula is C15H25FN2O2. The van der Waals surface area contributed by atoms with Gasteiger partial charge in [0.1, 0.15) is 5.82 Å². The maximum absolute atomic E-state index is 14.1. The van der Waals surface area contributed by atoms with E-state index in [0.717, 1.165) is 12.1 Å². The Balaban J connectivity index is 2.49. The Morgan fingerprint density at radius 1 is 1.30 bits per heavy atom. The van der Waals surface area contributed by atoms with Crippen molar-refractivity contribution in [3.05, 3.63) is 29.6 Å². The molecule has 1 aromatic carbocycles. The minimum Gasteiger partial charge on any atom is -0.383 e. The van der Waals surface area contributed by atoms with Gasteiger partial charge in [-0.15, -0.1) is 0 Å². The van der Waals surface area contributed by atoms with Gasteiger partial charge in [-0.1, -0.05) is 6.07 Å². The number of ether oxygens (including phenoxy) is 2. The number of rotatable bonds is 10. The van der Waals surface area contributed by atoms with Crippen molar-refractivity contribution < 1.29 is 13.9 Å². The summed E-state index contributed by atoms with van der Waals surface area (Å²) in [6.45, 7) is 5.97. The molecule has 1 N–H and O–H groups in total. The van der Waals surface area contributed by atoms with Gasteiger partial charge in [0.2, 0.25) is 0 Å². The number of likely N-dealkylation sites (N-methyl/N-ethyl adjacent to an activating group) is 1. The normalized spacial score (nSPS) is 10.8. The molecule has 0 aliphatic heterocycles. The van der Waals surface area contributed by atoms with Crippen LogP contribution in [0.3, 0.4) is 0 Å². The summed E-state index contributed by atoms with van der Waals surface area (Å²) in [5.41, 5.74) is 1.53. The Morgan fingerprint density at radius 2 is 2.10 bits per heavy atom. The number of hydrogen-bond acceptors (Lipinski definition) is 4. The largest absolute Gasteiger partial charge is 0.383 e. The SMILES string of the molecule is CCOCCN(C)c1ccc(CNCCOC)cc1F. The monoisotopic (exact) mass is 284 g/mol. The molecule has 0 aliphatic carbocycles. The molecule has 0 unspecified atom stereocenters. The minimum atomic E-state index is -0.199. The third kappa shape index (κ3) is 5.86. The van der Waals surface area contributed by atoms with Gasteiger partial charge >= 0.3 is 0 Å². The molecule has 1 rings (SSSR count). The molecule has 20 heavy (non-hydrogen) atoms. The lowest BCUT2D eigenvalue weighted by molar-refractivity contribution is 0.154. The number of nitrogens with zero attached hydrogens (tertiary/aromatic N) is 1. The highest BCUT2D eigenvalue weighted by molar-refractivity contribution is 5.48. The van der Waals surface area contributed by atoms with Crippen molar-refractivity contribution in [3.8, 4) is 0 Å². The standard InChI is InChI=1S/C15H25FN2O2/c1-4-20-10-8-18(2)15-6-5-13(11-14(15)16)12-17-7-9-19-3/h5-6,11,17H,4,7-10,12H2,1-3H3. The van der Waals surface area contributed by atoms with Crippen LogP contribution in [0.15, 0.2) is 18.2 Å². The van der Waals surface area contributed by atoms with E-state index in [2.05, 4.69) is 5.32 Å². The number of nitrogens with one attached hydrogen (secondary N) is 1. The van der Waals surface area contributed by atoms with Gasteiger partial charge in [0.25, 0.3) is 0 Å². The van der Waals surface area contributed by atoms with Crippen LogP contribution in [-0.2, 0) is 16.0 Å². The molecule has 114 valence electrons. The highest BCUT2D eigenvalue weighted by Gasteiger charge is 2.08. The van der Waals surface area contributed by atoms with Crippen molar-refractivity contribution in [2.75, 3.05) is 52.0 Å². The van der Waals surface area contributed by atoms with E-state index < -0.39 is 0 Å². The summed E-state index contributed by atoms with van der Waals surface area (Å²) in [4.78, 5) is 1.87. The number of hydrogen-bond donors (Lipinski definition) is 1. The highest BCUT2D eigenvalue weighted by atomic mass is 19.1. The minimum absolute atomic E-state index is 0.199. The third-order valence-electron chi connectivity index (χ3n) is 3.01. The maximum Gasteiger partial charge on any atom is 0.146 e. The van der Waals surface area contributed by atoms with Gasteiger partial charge in [-0.25, -0.2) is 4.39 Å². The van der Waals surface area contributed by atoms with Crippen LogP contribution < -0.4 is 10.2 Å². The number of methoxy groups -OCH3 is 1. The van der Waals surface area contributed by atoms with Gasteiger partial charge in [-0.2, -0.15) is 0 Å². The van der Waals surface area contributed by atoms with Crippen molar-refractivity contribution in [2.45, 2.75) is 13.5 Å². The molecule has 0 aromatic heterocycles. The smallest absolute Gasteiger partial charge is 0.146 e. The molecule has 0 radical (unpaired) electrons.